The monoisotopic (exact) mass is 386 g/mol. The van der Waals surface area contributed by atoms with E-state index in [-0.39, 0.29) is 5.41 Å². The molecule has 0 saturated heterocycles. The number of hydrogen-bond donors (Lipinski definition) is 2. The molecule has 3 rings (SSSR count). The van der Waals surface area contributed by atoms with Crippen molar-refractivity contribution in [3.63, 3.8) is 0 Å². The summed E-state index contributed by atoms with van der Waals surface area (Å²) in [5.41, 5.74) is 3.65. The highest BCUT2D eigenvalue weighted by Crippen LogP contribution is 2.49. The van der Waals surface area contributed by atoms with Crippen LogP contribution in [0.3, 0.4) is 0 Å². The van der Waals surface area contributed by atoms with Gasteiger partial charge in [-0.1, -0.05) is 40.2 Å². The molecule has 4 nitrogen and oxygen atoms in total. The Morgan fingerprint density at radius 2 is 1.96 bits per heavy atom. The molecule has 2 N–H and O–H groups in total. The van der Waals surface area contributed by atoms with Crippen molar-refractivity contribution in [1.82, 2.24) is 15.6 Å². The lowest BCUT2D eigenvalue weighted by molar-refractivity contribution is 0.642. The number of rotatable bonds is 5. The fourth-order valence-electron chi connectivity index (χ4n) is 2.93. The van der Waals surface area contributed by atoms with Crippen LogP contribution in [0.25, 0.3) is 0 Å². The largest absolute Gasteiger partial charge is 0.356 e. The van der Waals surface area contributed by atoms with Crippen molar-refractivity contribution in [1.29, 1.82) is 0 Å². The fraction of sp³-hybridized carbons (Fsp3) is 0.368. The Labute approximate surface area is 151 Å². The third kappa shape index (κ3) is 3.96. The SMILES string of the molecule is CN=C(NCc1cccc(C)n1)NCC1(c2ccccc2Br)CC1. The summed E-state index contributed by atoms with van der Waals surface area (Å²) >= 11 is 3.68. The number of nitrogens with one attached hydrogen (secondary N) is 2. The Kier molecular flexibility index (Phi) is 5.19. The maximum absolute atomic E-state index is 4.51. The van der Waals surface area contributed by atoms with Gasteiger partial charge in [0.25, 0.3) is 0 Å². The standard InChI is InChI=1S/C19H23BrN4/c1-14-6-5-7-15(24-14)12-22-18(21-2)23-13-19(10-11-19)16-8-3-4-9-17(16)20/h3-9H,10-13H2,1-2H3,(H2,21,22,23). The second kappa shape index (κ2) is 7.34. The third-order valence-electron chi connectivity index (χ3n) is 4.50. The number of guanidine groups is 1. The lowest BCUT2D eigenvalue weighted by atomic mass is 9.96. The van der Waals surface area contributed by atoms with Crippen LogP contribution < -0.4 is 10.6 Å². The number of halogens is 1. The first-order valence-corrected chi connectivity index (χ1v) is 9.04. The number of hydrogen-bond acceptors (Lipinski definition) is 2. The number of nitrogens with zero attached hydrogens (tertiary/aromatic N) is 2. The average Bonchev–Trinajstić information content (AvgIpc) is 3.36. The summed E-state index contributed by atoms with van der Waals surface area (Å²) in [5.74, 6) is 0.816. The molecule has 2 aromatic rings. The smallest absolute Gasteiger partial charge is 0.191 e. The van der Waals surface area contributed by atoms with Gasteiger partial charge in [0, 0.05) is 29.2 Å². The van der Waals surface area contributed by atoms with E-state index in [1.807, 2.05) is 25.1 Å². The lowest BCUT2D eigenvalue weighted by Gasteiger charge is -2.20. The molecule has 0 bridgehead atoms. The van der Waals surface area contributed by atoms with Crippen molar-refractivity contribution in [3.8, 4) is 0 Å². The predicted octanol–water partition coefficient (Wildman–Crippen LogP) is 3.55. The fourth-order valence-corrected chi connectivity index (χ4v) is 3.63. The molecule has 5 heteroatoms. The molecule has 1 heterocycles. The van der Waals surface area contributed by atoms with Crippen LogP contribution in [0.4, 0.5) is 0 Å². The minimum atomic E-state index is 0.222. The molecule has 0 radical (unpaired) electrons. The Morgan fingerprint density at radius 1 is 1.17 bits per heavy atom. The van der Waals surface area contributed by atoms with Crippen LogP contribution in [0.15, 0.2) is 51.9 Å². The summed E-state index contributed by atoms with van der Waals surface area (Å²) in [6, 6.07) is 14.6. The summed E-state index contributed by atoms with van der Waals surface area (Å²) in [6.45, 7) is 3.56. The molecule has 0 unspecified atom stereocenters. The van der Waals surface area contributed by atoms with Crippen LogP contribution in [0.1, 0.15) is 29.8 Å². The summed E-state index contributed by atoms with van der Waals surface area (Å²) < 4.78 is 1.19. The van der Waals surface area contributed by atoms with E-state index in [4.69, 9.17) is 0 Å². The van der Waals surface area contributed by atoms with E-state index in [9.17, 15) is 0 Å². The highest BCUT2D eigenvalue weighted by atomic mass is 79.9. The number of benzene rings is 1. The average molecular weight is 387 g/mol. The highest BCUT2D eigenvalue weighted by Gasteiger charge is 2.45. The predicted molar refractivity (Wildman–Crippen MR) is 102 cm³/mol. The molecule has 0 atom stereocenters. The Hall–Kier alpha value is -1.88. The Morgan fingerprint density at radius 3 is 2.62 bits per heavy atom. The third-order valence-corrected chi connectivity index (χ3v) is 5.19. The summed E-state index contributed by atoms with van der Waals surface area (Å²) in [7, 11) is 1.80. The molecule has 1 aliphatic rings. The molecule has 24 heavy (non-hydrogen) atoms. The van der Waals surface area contributed by atoms with Crippen LogP contribution in [-0.2, 0) is 12.0 Å². The topological polar surface area (TPSA) is 49.3 Å². The van der Waals surface area contributed by atoms with Crippen LogP contribution in [0.2, 0.25) is 0 Å². The molecule has 1 aromatic carbocycles. The molecule has 1 aromatic heterocycles. The van der Waals surface area contributed by atoms with Gasteiger partial charge in [-0.2, -0.15) is 0 Å². The zero-order chi connectivity index (χ0) is 17.0. The van der Waals surface area contributed by atoms with Crippen molar-refractivity contribution in [2.75, 3.05) is 13.6 Å². The van der Waals surface area contributed by atoms with Crippen LogP contribution >= 0.6 is 15.9 Å². The van der Waals surface area contributed by atoms with Gasteiger partial charge >= 0.3 is 0 Å². The zero-order valence-electron chi connectivity index (χ0n) is 14.1. The van der Waals surface area contributed by atoms with E-state index in [0.29, 0.717) is 6.54 Å². The minimum Gasteiger partial charge on any atom is -0.356 e. The number of aryl methyl sites for hydroxylation is 1. The van der Waals surface area contributed by atoms with Gasteiger partial charge in [0.15, 0.2) is 5.96 Å². The van der Waals surface area contributed by atoms with Gasteiger partial charge in [0.05, 0.1) is 12.2 Å². The van der Waals surface area contributed by atoms with Crippen molar-refractivity contribution < 1.29 is 0 Å². The van der Waals surface area contributed by atoms with Gasteiger partial charge in [0.2, 0.25) is 0 Å². The number of aromatic nitrogens is 1. The molecule has 1 saturated carbocycles. The van der Waals surface area contributed by atoms with E-state index in [1.165, 1.54) is 22.9 Å². The van der Waals surface area contributed by atoms with Crippen LogP contribution in [0, 0.1) is 6.92 Å². The molecule has 1 fully saturated rings. The van der Waals surface area contributed by atoms with Crippen LogP contribution in [0.5, 0.6) is 0 Å². The van der Waals surface area contributed by atoms with E-state index >= 15 is 0 Å². The minimum absolute atomic E-state index is 0.222. The lowest BCUT2D eigenvalue weighted by Crippen LogP contribution is -2.41. The second-order valence-corrected chi connectivity index (χ2v) is 7.16. The molecule has 0 spiro atoms. The van der Waals surface area contributed by atoms with Crippen LogP contribution in [-0.4, -0.2) is 24.5 Å². The van der Waals surface area contributed by atoms with Gasteiger partial charge in [0.1, 0.15) is 0 Å². The maximum Gasteiger partial charge on any atom is 0.191 e. The molecule has 126 valence electrons. The number of pyridine rings is 1. The van der Waals surface area contributed by atoms with E-state index < -0.39 is 0 Å². The van der Waals surface area contributed by atoms with Gasteiger partial charge < -0.3 is 10.6 Å². The van der Waals surface area contributed by atoms with E-state index in [0.717, 1.165) is 23.9 Å². The first-order valence-electron chi connectivity index (χ1n) is 8.25. The van der Waals surface area contributed by atoms with Gasteiger partial charge in [-0.05, 0) is 43.5 Å². The molecule has 1 aliphatic carbocycles. The molecule has 0 aliphatic heterocycles. The highest BCUT2D eigenvalue weighted by molar-refractivity contribution is 9.10. The molecule has 0 amide bonds. The Balaban J connectivity index is 1.58. The second-order valence-electron chi connectivity index (χ2n) is 6.31. The normalized spacial score (nSPS) is 15.9. The molecular formula is C19H23BrN4. The summed E-state index contributed by atoms with van der Waals surface area (Å²) in [5, 5.41) is 6.82. The Bertz CT molecular complexity index is 738. The maximum atomic E-state index is 4.51. The van der Waals surface area contributed by atoms with E-state index in [2.05, 4.69) is 60.8 Å². The first kappa shape index (κ1) is 17.0. The number of aliphatic imine (C=N–C) groups is 1. The first-order chi connectivity index (χ1) is 11.6. The summed E-state index contributed by atoms with van der Waals surface area (Å²) in [6.07, 6.45) is 2.41. The van der Waals surface area contributed by atoms with Crippen molar-refractivity contribution in [3.05, 3.63) is 63.9 Å². The van der Waals surface area contributed by atoms with Crippen molar-refractivity contribution in [2.24, 2.45) is 4.99 Å². The zero-order valence-corrected chi connectivity index (χ0v) is 15.7. The molecular weight excluding hydrogens is 364 g/mol. The van der Waals surface area contributed by atoms with Gasteiger partial charge in [-0.3, -0.25) is 9.98 Å². The van der Waals surface area contributed by atoms with Crippen molar-refractivity contribution >= 4 is 21.9 Å². The van der Waals surface area contributed by atoms with Crippen molar-refractivity contribution in [2.45, 2.75) is 31.7 Å². The van der Waals surface area contributed by atoms with Gasteiger partial charge in [-0.15, -0.1) is 0 Å². The summed E-state index contributed by atoms with van der Waals surface area (Å²) in [4.78, 5) is 8.84. The van der Waals surface area contributed by atoms with E-state index in [1.54, 1.807) is 7.05 Å². The van der Waals surface area contributed by atoms with Gasteiger partial charge in [-0.25, -0.2) is 0 Å². The quantitative estimate of drug-likeness (QED) is 0.610.